The highest BCUT2D eigenvalue weighted by molar-refractivity contribution is 5.95. The van der Waals surface area contributed by atoms with Crippen LogP contribution in [0.1, 0.15) is 49.7 Å². The first-order valence-corrected chi connectivity index (χ1v) is 14.5. The molecule has 3 aliphatic heterocycles. The third-order valence-electron chi connectivity index (χ3n) is 9.33. The number of aliphatic carboxylic acids is 2. The number of carbonyl (C=O) groups is 3. The van der Waals surface area contributed by atoms with Gasteiger partial charge in [-0.3, -0.25) is 4.90 Å². The van der Waals surface area contributed by atoms with E-state index in [1.165, 1.54) is 11.1 Å². The van der Waals surface area contributed by atoms with Crippen molar-refractivity contribution in [2.75, 3.05) is 32.7 Å². The molecule has 5 rings (SSSR count). The van der Waals surface area contributed by atoms with Crippen LogP contribution in [0.2, 0.25) is 0 Å². The average Bonchev–Trinajstić information content (AvgIpc) is 3.47. The molecule has 1 amide bonds. The molecule has 8 heteroatoms. The Balaban J connectivity index is 1.36. The van der Waals surface area contributed by atoms with Crippen molar-refractivity contribution in [3.05, 3.63) is 83.6 Å². The Kier molecular flexibility index (Phi) is 8.49. The first-order valence-electron chi connectivity index (χ1n) is 14.5. The number of nitrogens with one attached hydrogen (secondary N) is 1. The molecule has 212 valence electrons. The molecule has 0 spiro atoms. The maximum absolute atomic E-state index is 14.0. The van der Waals surface area contributed by atoms with Gasteiger partial charge in [0.2, 0.25) is 5.70 Å². The molecule has 3 saturated heterocycles. The van der Waals surface area contributed by atoms with E-state index in [0.29, 0.717) is 44.8 Å². The second kappa shape index (κ2) is 12.0. The van der Waals surface area contributed by atoms with Crippen molar-refractivity contribution >= 4 is 17.8 Å². The zero-order chi connectivity index (χ0) is 28.2. The van der Waals surface area contributed by atoms with Crippen LogP contribution in [0.4, 0.5) is 0 Å². The van der Waals surface area contributed by atoms with E-state index in [-0.39, 0.29) is 27.5 Å². The molecule has 0 bridgehead atoms. The molecule has 2 aromatic rings. The van der Waals surface area contributed by atoms with E-state index in [1.807, 2.05) is 12.1 Å². The number of carbonyl (C=O) groups excluding carboxylic acids is 1. The average molecular weight is 547 g/mol. The van der Waals surface area contributed by atoms with Crippen LogP contribution in [0.3, 0.4) is 0 Å². The number of piperidine rings is 2. The third-order valence-corrected chi connectivity index (χ3v) is 9.33. The maximum Gasteiger partial charge on any atom is 0.391 e. The molecule has 0 radical (unpaired) electrons. The van der Waals surface area contributed by atoms with Crippen LogP contribution in [-0.2, 0) is 26.3 Å². The van der Waals surface area contributed by atoms with Gasteiger partial charge in [-0.2, -0.15) is 0 Å². The Morgan fingerprint density at radius 3 is 2.17 bits per heavy atom. The number of carboxylic acid groups (broad SMARTS) is 2. The molecule has 40 heavy (non-hydrogen) atoms. The standard InChI is InChI=1S/C32H39N3O5/c36-29(37)22-28(31(39)40)35(19-7-8-20-35)30(38)25-13-17-34(18-14-25)32(26-11-5-2-6-12-26)15-16-33-27(23-32)21-24-9-3-1-4-10-24/h1-6,9-12,22,25,27,33H,7-8,13-21,23H2,(H-,36,37,39,40)/p+1/t27-,32+/m1/s1. The minimum Gasteiger partial charge on any atom is -0.478 e. The van der Waals surface area contributed by atoms with Crippen molar-refractivity contribution in [3.63, 3.8) is 0 Å². The van der Waals surface area contributed by atoms with Crippen LogP contribution in [0.25, 0.3) is 0 Å². The summed E-state index contributed by atoms with van der Waals surface area (Å²) in [5.41, 5.74) is 2.17. The van der Waals surface area contributed by atoms with Crippen molar-refractivity contribution in [1.82, 2.24) is 10.2 Å². The molecular weight excluding hydrogens is 506 g/mol. The van der Waals surface area contributed by atoms with Gasteiger partial charge >= 0.3 is 17.8 Å². The third kappa shape index (κ3) is 5.61. The molecule has 2 atom stereocenters. The second-order valence-corrected chi connectivity index (χ2v) is 11.6. The molecule has 0 aliphatic carbocycles. The van der Waals surface area contributed by atoms with Gasteiger partial charge in [-0.05, 0) is 62.9 Å². The number of quaternary nitrogens is 1. The van der Waals surface area contributed by atoms with Crippen LogP contribution >= 0.6 is 0 Å². The van der Waals surface area contributed by atoms with Crippen molar-refractivity contribution in [1.29, 1.82) is 0 Å². The van der Waals surface area contributed by atoms with Gasteiger partial charge < -0.3 is 15.5 Å². The number of hydrogen-bond donors (Lipinski definition) is 3. The monoisotopic (exact) mass is 546 g/mol. The Labute approximate surface area is 235 Å². The number of nitrogens with zero attached hydrogens (tertiary/aromatic N) is 2. The molecule has 2 aromatic carbocycles. The molecular formula is C32H40N3O5+. The van der Waals surface area contributed by atoms with Crippen LogP contribution in [0.5, 0.6) is 0 Å². The molecule has 0 saturated carbocycles. The highest BCUT2D eigenvalue weighted by Crippen LogP contribution is 2.42. The zero-order valence-electron chi connectivity index (χ0n) is 23.0. The topological polar surface area (TPSA) is 107 Å². The van der Waals surface area contributed by atoms with E-state index >= 15 is 0 Å². The lowest BCUT2D eigenvalue weighted by Crippen LogP contribution is -2.60. The van der Waals surface area contributed by atoms with Crippen LogP contribution in [-0.4, -0.2) is 76.2 Å². The Morgan fingerprint density at radius 1 is 0.950 bits per heavy atom. The van der Waals surface area contributed by atoms with Crippen LogP contribution in [0.15, 0.2) is 72.4 Å². The molecule has 3 fully saturated rings. The normalized spacial score (nSPS) is 25.9. The molecule has 3 N–H and O–H groups in total. The number of carboxylic acids is 2. The van der Waals surface area contributed by atoms with E-state index < -0.39 is 11.9 Å². The SMILES string of the molecule is O=C(O)C=C(C(=O)O)[N+]1(C(=O)C2CCN([C@@]3(c4ccccc4)CCN[C@H](Cc4ccccc4)C3)CC2)CCCC1. The Hall–Kier alpha value is -3.33. The van der Waals surface area contributed by atoms with Crippen molar-refractivity contribution < 1.29 is 29.1 Å². The zero-order valence-corrected chi connectivity index (χ0v) is 23.0. The highest BCUT2D eigenvalue weighted by atomic mass is 16.4. The highest BCUT2D eigenvalue weighted by Gasteiger charge is 2.52. The van der Waals surface area contributed by atoms with Gasteiger partial charge in [0.25, 0.3) is 0 Å². The van der Waals surface area contributed by atoms with E-state index in [2.05, 4.69) is 58.7 Å². The summed E-state index contributed by atoms with van der Waals surface area (Å²) >= 11 is 0. The lowest BCUT2D eigenvalue weighted by Gasteiger charge is -2.52. The number of rotatable bonds is 8. The minimum atomic E-state index is -1.33. The Morgan fingerprint density at radius 2 is 1.57 bits per heavy atom. The van der Waals surface area contributed by atoms with Gasteiger partial charge in [0.1, 0.15) is 0 Å². The molecule has 0 unspecified atom stereocenters. The summed E-state index contributed by atoms with van der Waals surface area (Å²) in [4.78, 5) is 40.1. The first-order chi connectivity index (χ1) is 19.3. The number of likely N-dealkylation sites (tertiary alicyclic amines) is 2. The summed E-state index contributed by atoms with van der Waals surface area (Å²) < 4.78 is -0.348. The summed E-state index contributed by atoms with van der Waals surface area (Å²) in [6, 6.07) is 21.6. The first kappa shape index (κ1) is 28.2. The van der Waals surface area contributed by atoms with Gasteiger partial charge in [0.15, 0.2) is 0 Å². The quantitative estimate of drug-likeness (QED) is 0.342. The Bertz CT molecular complexity index is 1230. The van der Waals surface area contributed by atoms with E-state index in [0.717, 1.165) is 45.0 Å². The number of hydrogen-bond acceptors (Lipinski definition) is 5. The van der Waals surface area contributed by atoms with Gasteiger partial charge in [0.05, 0.1) is 25.1 Å². The van der Waals surface area contributed by atoms with Crippen molar-refractivity contribution in [3.8, 4) is 0 Å². The van der Waals surface area contributed by atoms with Gasteiger partial charge in [-0.25, -0.2) is 18.9 Å². The number of amides is 1. The van der Waals surface area contributed by atoms with Gasteiger partial charge in [0, 0.05) is 24.4 Å². The lowest BCUT2D eigenvalue weighted by molar-refractivity contribution is -0.801. The predicted octanol–water partition coefficient (Wildman–Crippen LogP) is 3.78. The molecule has 0 aromatic heterocycles. The van der Waals surface area contributed by atoms with Crippen LogP contribution < -0.4 is 5.32 Å². The fourth-order valence-corrected chi connectivity index (χ4v) is 7.43. The summed E-state index contributed by atoms with van der Waals surface area (Å²) in [5, 5.41) is 23.0. The van der Waals surface area contributed by atoms with E-state index in [1.54, 1.807) is 0 Å². The summed E-state index contributed by atoms with van der Waals surface area (Å²) in [7, 11) is 0. The molecule has 3 heterocycles. The summed E-state index contributed by atoms with van der Waals surface area (Å²) in [6.07, 6.45) is 6.34. The van der Waals surface area contributed by atoms with E-state index in [9.17, 15) is 24.6 Å². The van der Waals surface area contributed by atoms with Crippen molar-refractivity contribution in [2.45, 2.75) is 56.5 Å². The summed E-state index contributed by atoms with van der Waals surface area (Å²) in [6.45, 7) is 3.10. The largest absolute Gasteiger partial charge is 0.478 e. The smallest absolute Gasteiger partial charge is 0.391 e. The van der Waals surface area contributed by atoms with Gasteiger partial charge in [-0.1, -0.05) is 60.7 Å². The minimum absolute atomic E-state index is 0.131. The van der Waals surface area contributed by atoms with Crippen LogP contribution in [0, 0.1) is 5.92 Å². The fraction of sp³-hybridized carbons (Fsp3) is 0.469. The maximum atomic E-state index is 14.0. The van der Waals surface area contributed by atoms with Gasteiger partial charge in [-0.15, -0.1) is 0 Å². The van der Waals surface area contributed by atoms with E-state index in [4.69, 9.17) is 0 Å². The number of benzene rings is 2. The lowest BCUT2D eigenvalue weighted by atomic mass is 9.74. The predicted molar refractivity (Wildman–Crippen MR) is 151 cm³/mol. The second-order valence-electron chi connectivity index (χ2n) is 11.6. The summed E-state index contributed by atoms with van der Waals surface area (Å²) in [5.74, 6) is -3.07. The fourth-order valence-electron chi connectivity index (χ4n) is 7.43. The molecule has 3 aliphatic rings. The van der Waals surface area contributed by atoms with Crippen molar-refractivity contribution in [2.24, 2.45) is 5.92 Å². The molecule has 8 nitrogen and oxygen atoms in total.